The molecule has 1 amide bonds. The van der Waals surface area contributed by atoms with Crippen LogP contribution in [0.2, 0.25) is 5.02 Å². The Bertz CT molecular complexity index is 1200. The number of aryl methyl sites for hydroxylation is 2. The van der Waals surface area contributed by atoms with E-state index in [0.29, 0.717) is 52.0 Å². The molecule has 3 N–H and O–H groups in total. The maximum Gasteiger partial charge on any atom is 0.247 e. The van der Waals surface area contributed by atoms with E-state index in [1.165, 1.54) is 24.5 Å². The quantitative estimate of drug-likeness (QED) is 0.194. The summed E-state index contributed by atoms with van der Waals surface area (Å²) >= 11 is 7.52. The molecule has 0 atom stereocenters. The topological polar surface area (TPSA) is 130 Å². The normalized spacial score (nSPS) is 11.0. The molecule has 0 bridgehead atoms. The second kappa shape index (κ2) is 13.6. The number of carbonyl (C=O) groups excluding carboxylic acids is 1. The lowest BCUT2D eigenvalue weighted by Crippen LogP contribution is -2.19. The zero-order valence-electron chi connectivity index (χ0n) is 20.2. The van der Waals surface area contributed by atoms with Crippen molar-refractivity contribution in [3.63, 3.8) is 0 Å². The molecule has 36 heavy (non-hydrogen) atoms. The third kappa shape index (κ3) is 8.36. The van der Waals surface area contributed by atoms with E-state index in [4.69, 9.17) is 36.3 Å². The van der Waals surface area contributed by atoms with Crippen molar-refractivity contribution in [2.24, 2.45) is 5.10 Å². The SMILES string of the molecule is COc1cc(/C=N\NC(=O)Cc2nnc(N)s2)cc(Cl)c1OCCOCCOc1ccc(C)c(C)c1. The number of benzene rings is 2. The molecule has 1 heterocycles. The van der Waals surface area contributed by atoms with Gasteiger partial charge in [0.15, 0.2) is 11.5 Å². The van der Waals surface area contributed by atoms with Crippen LogP contribution in [0.3, 0.4) is 0 Å². The molecule has 12 heteroatoms. The molecule has 0 saturated carbocycles. The fraction of sp³-hybridized carbons (Fsp3) is 0.333. The number of rotatable bonds is 13. The highest BCUT2D eigenvalue weighted by molar-refractivity contribution is 7.15. The van der Waals surface area contributed by atoms with Gasteiger partial charge in [-0.15, -0.1) is 10.2 Å². The molecule has 10 nitrogen and oxygen atoms in total. The van der Waals surface area contributed by atoms with Crippen molar-refractivity contribution >= 4 is 40.2 Å². The third-order valence-corrected chi connectivity index (χ3v) is 5.93. The van der Waals surface area contributed by atoms with Crippen LogP contribution in [0.4, 0.5) is 5.13 Å². The van der Waals surface area contributed by atoms with Crippen molar-refractivity contribution < 1.29 is 23.7 Å². The lowest BCUT2D eigenvalue weighted by molar-refractivity contribution is -0.120. The molecule has 1 aromatic heterocycles. The Morgan fingerprint density at radius 3 is 2.58 bits per heavy atom. The van der Waals surface area contributed by atoms with Crippen molar-refractivity contribution in [3.8, 4) is 17.2 Å². The molecule has 0 spiro atoms. The first-order chi connectivity index (χ1) is 17.4. The molecule has 0 radical (unpaired) electrons. The maximum absolute atomic E-state index is 11.9. The van der Waals surface area contributed by atoms with Gasteiger partial charge in [-0.1, -0.05) is 29.0 Å². The number of nitrogens with zero attached hydrogens (tertiary/aromatic N) is 3. The van der Waals surface area contributed by atoms with Crippen LogP contribution in [0.15, 0.2) is 35.4 Å². The fourth-order valence-electron chi connectivity index (χ4n) is 2.97. The Hall–Kier alpha value is -3.41. The lowest BCUT2D eigenvalue weighted by atomic mass is 10.1. The first-order valence-electron chi connectivity index (χ1n) is 11.0. The van der Waals surface area contributed by atoms with Crippen LogP contribution in [0.25, 0.3) is 0 Å². The van der Waals surface area contributed by atoms with E-state index in [0.717, 1.165) is 17.1 Å². The summed E-state index contributed by atoms with van der Waals surface area (Å²) in [6.45, 7) is 5.60. The number of hydrogen-bond acceptors (Lipinski definition) is 10. The number of aromatic nitrogens is 2. The number of hydrogen-bond donors (Lipinski definition) is 2. The Balaban J connectivity index is 1.41. The van der Waals surface area contributed by atoms with Crippen molar-refractivity contribution in [3.05, 3.63) is 57.1 Å². The third-order valence-electron chi connectivity index (χ3n) is 4.90. The van der Waals surface area contributed by atoms with Crippen molar-refractivity contribution in [1.82, 2.24) is 15.6 Å². The van der Waals surface area contributed by atoms with E-state index in [1.54, 1.807) is 12.1 Å². The van der Waals surface area contributed by atoms with E-state index in [1.807, 2.05) is 25.1 Å². The minimum absolute atomic E-state index is 0.0306. The molecule has 0 aliphatic rings. The lowest BCUT2D eigenvalue weighted by Gasteiger charge is -2.13. The molecule has 0 aliphatic heterocycles. The second-order valence-corrected chi connectivity index (χ2v) is 9.09. The minimum Gasteiger partial charge on any atom is -0.493 e. The maximum atomic E-state index is 11.9. The second-order valence-electron chi connectivity index (χ2n) is 7.59. The molecular formula is C24H28ClN5O5S. The Morgan fingerprint density at radius 2 is 1.89 bits per heavy atom. The predicted molar refractivity (Wildman–Crippen MR) is 139 cm³/mol. The smallest absolute Gasteiger partial charge is 0.247 e. The number of anilines is 1. The first-order valence-corrected chi connectivity index (χ1v) is 12.2. The molecule has 0 saturated heterocycles. The summed E-state index contributed by atoms with van der Waals surface area (Å²) in [6.07, 6.45) is 1.48. The average Bonchev–Trinajstić information content (AvgIpc) is 3.25. The highest BCUT2D eigenvalue weighted by atomic mass is 35.5. The summed E-state index contributed by atoms with van der Waals surface area (Å²) in [7, 11) is 1.51. The molecule has 0 unspecified atom stereocenters. The van der Waals surface area contributed by atoms with Crippen LogP contribution in [0, 0.1) is 13.8 Å². The zero-order valence-corrected chi connectivity index (χ0v) is 21.8. The largest absolute Gasteiger partial charge is 0.493 e. The Labute approximate surface area is 218 Å². The zero-order chi connectivity index (χ0) is 25.9. The van der Waals surface area contributed by atoms with Crippen LogP contribution in [-0.2, 0) is 16.0 Å². The standard InChI is InChI=1S/C24H28ClN5O5S/c1-15-4-5-18(10-16(15)2)34-8-6-33-7-9-35-23-19(25)11-17(12-20(23)32-3)14-27-28-21(31)13-22-29-30-24(26)36-22/h4-5,10-12,14H,6-9,13H2,1-3H3,(H2,26,30)(H,28,31)/b27-14-. The van der Waals surface area contributed by atoms with Crippen molar-refractivity contribution in [1.29, 1.82) is 0 Å². The van der Waals surface area contributed by atoms with E-state index in [2.05, 4.69) is 27.6 Å². The number of nitrogens with two attached hydrogens (primary N) is 1. The van der Waals surface area contributed by atoms with Crippen LogP contribution in [-0.4, -0.2) is 55.9 Å². The number of ether oxygens (including phenoxy) is 4. The fourth-order valence-corrected chi connectivity index (χ4v) is 3.86. The van der Waals surface area contributed by atoms with Gasteiger partial charge in [0.1, 0.15) is 24.0 Å². The molecule has 3 aromatic rings. The van der Waals surface area contributed by atoms with Gasteiger partial charge >= 0.3 is 0 Å². The van der Waals surface area contributed by atoms with Gasteiger partial charge in [0.2, 0.25) is 11.0 Å². The van der Waals surface area contributed by atoms with Gasteiger partial charge in [0, 0.05) is 0 Å². The Kier molecular flexibility index (Phi) is 10.3. The highest BCUT2D eigenvalue weighted by Gasteiger charge is 2.12. The molecule has 192 valence electrons. The summed E-state index contributed by atoms with van der Waals surface area (Å²) < 4.78 is 22.4. The summed E-state index contributed by atoms with van der Waals surface area (Å²) in [6, 6.07) is 9.33. The van der Waals surface area contributed by atoms with Crippen LogP contribution in [0.1, 0.15) is 21.7 Å². The molecular weight excluding hydrogens is 506 g/mol. The Morgan fingerprint density at radius 1 is 1.11 bits per heavy atom. The molecule has 0 aliphatic carbocycles. The monoisotopic (exact) mass is 533 g/mol. The summed E-state index contributed by atoms with van der Waals surface area (Å²) in [4.78, 5) is 11.9. The van der Waals surface area contributed by atoms with Gasteiger partial charge in [0.05, 0.1) is 38.0 Å². The van der Waals surface area contributed by atoms with Crippen LogP contribution in [0.5, 0.6) is 17.2 Å². The van der Waals surface area contributed by atoms with Gasteiger partial charge in [-0.25, -0.2) is 5.43 Å². The number of hydrazone groups is 1. The van der Waals surface area contributed by atoms with E-state index < -0.39 is 0 Å². The first kappa shape index (κ1) is 27.2. The average molecular weight is 534 g/mol. The number of nitrogen functional groups attached to an aromatic ring is 1. The van der Waals surface area contributed by atoms with E-state index in [9.17, 15) is 4.79 Å². The molecule has 3 rings (SSSR count). The number of amides is 1. The number of carbonyl (C=O) groups is 1. The van der Waals surface area contributed by atoms with Gasteiger partial charge in [-0.3, -0.25) is 4.79 Å². The summed E-state index contributed by atoms with van der Waals surface area (Å²) in [5.74, 6) is 1.29. The van der Waals surface area contributed by atoms with E-state index >= 15 is 0 Å². The molecule has 0 fully saturated rings. The van der Waals surface area contributed by atoms with Crippen LogP contribution >= 0.6 is 22.9 Å². The van der Waals surface area contributed by atoms with Crippen molar-refractivity contribution in [2.75, 3.05) is 39.3 Å². The molecule has 2 aromatic carbocycles. The van der Waals surface area contributed by atoms with Crippen LogP contribution < -0.4 is 25.4 Å². The summed E-state index contributed by atoms with van der Waals surface area (Å²) in [5, 5.41) is 12.5. The van der Waals surface area contributed by atoms with Gasteiger partial charge in [-0.2, -0.15) is 5.10 Å². The van der Waals surface area contributed by atoms with Gasteiger partial charge < -0.3 is 24.7 Å². The highest BCUT2D eigenvalue weighted by Crippen LogP contribution is 2.36. The van der Waals surface area contributed by atoms with Crippen molar-refractivity contribution in [2.45, 2.75) is 20.3 Å². The van der Waals surface area contributed by atoms with Gasteiger partial charge in [0.25, 0.3) is 0 Å². The number of nitrogens with one attached hydrogen (secondary N) is 1. The summed E-state index contributed by atoms with van der Waals surface area (Å²) in [5.41, 5.74) is 11.0. The number of methoxy groups -OCH3 is 1. The van der Waals surface area contributed by atoms with Gasteiger partial charge in [-0.05, 0) is 54.8 Å². The minimum atomic E-state index is -0.347. The predicted octanol–water partition coefficient (Wildman–Crippen LogP) is 3.57. The van der Waals surface area contributed by atoms with E-state index in [-0.39, 0.29) is 18.9 Å². The number of halogens is 1.